The Balaban J connectivity index is 1.60. The maximum Gasteiger partial charge on any atom is 0.407 e. The van der Waals surface area contributed by atoms with Crippen molar-refractivity contribution in [1.82, 2.24) is 10.6 Å². The van der Waals surface area contributed by atoms with E-state index in [0.717, 1.165) is 22.3 Å². The molecule has 2 aromatic rings. The van der Waals surface area contributed by atoms with E-state index in [1.807, 2.05) is 50.2 Å². The lowest BCUT2D eigenvalue weighted by atomic mass is 9.98. The quantitative estimate of drug-likeness (QED) is 0.491. The molecule has 0 aliphatic heterocycles. The lowest BCUT2D eigenvalue weighted by Crippen LogP contribution is -2.50. The van der Waals surface area contributed by atoms with E-state index in [-0.39, 0.29) is 24.9 Å². The number of nitrogens with one attached hydrogen (secondary N) is 2. The van der Waals surface area contributed by atoms with Gasteiger partial charge in [-0.15, -0.1) is 0 Å². The Morgan fingerprint density at radius 1 is 0.941 bits per heavy atom. The van der Waals surface area contributed by atoms with Crippen molar-refractivity contribution in [2.24, 2.45) is 5.92 Å². The fourth-order valence-corrected chi connectivity index (χ4v) is 4.19. The molecule has 1 aliphatic carbocycles. The van der Waals surface area contributed by atoms with Gasteiger partial charge in [-0.1, -0.05) is 62.4 Å². The zero-order chi connectivity index (χ0) is 24.8. The minimum Gasteiger partial charge on any atom is -0.480 e. The first-order valence-corrected chi connectivity index (χ1v) is 11.4. The van der Waals surface area contributed by atoms with Gasteiger partial charge in [-0.2, -0.15) is 0 Å². The zero-order valence-corrected chi connectivity index (χ0v) is 19.9. The molecule has 1 unspecified atom stereocenters. The second-order valence-corrected chi connectivity index (χ2v) is 8.85. The van der Waals surface area contributed by atoms with Crippen molar-refractivity contribution in [1.29, 1.82) is 0 Å². The summed E-state index contributed by atoms with van der Waals surface area (Å²) in [5.74, 6) is -1.82. The number of carboxylic acid groups (broad SMARTS) is 1. The van der Waals surface area contributed by atoms with Gasteiger partial charge < -0.3 is 25.2 Å². The number of methoxy groups -OCH3 is 1. The fraction of sp³-hybridized carbons (Fsp3) is 0.423. The maximum absolute atomic E-state index is 12.6. The first kappa shape index (κ1) is 25.2. The second-order valence-electron chi connectivity index (χ2n) is 8.85. The van der Waals surface area contributed by atoms with E-state index in [4.69, 9.17) is 9.47 Å². The van der Waals surface area contributed by atoms with Gasteiger partial charge in [0, 0.05) is 25.5 Å². The van der Waals surface area contributed by atoms with Crippen LogP contribution in [-0.4, -0.2) is 55.0 Å². The fourth-order valence-electron chi connectivity index (χ4n) is 4.19. The summed E-state index contributed by atoms with van der Waals surface area (Å²) < 4.78 is 10.6. The smallest absolute Gasteiger partial charge is 0.407 e. The van der Waals surface area contributed by atoms with Crippen molar-refractivity contribution in [3.63, 3.8) is 0 Å². The maximum atomic E-state index is 12.6. The molecule has 8 nitrogen and oxygen atoms in total. The van der Waals surface area contributed by atoms with Crippen LogP contribution in [0.2, 0.25) is 0 Å². The van der Waals surface area contributed by atoms with Crippen molar-refractivity contribution >= 4 is 18.0 Å². The van der Waals surface area contributed by atoms with Gasteiger partial charge >= 0.3 is 12.1 Å². The molecule has 0 radical (unpaired) electrons. The Labute approximate surface area is 199 Å². The van der Waals surface area contributed by atoms with E-state index in [1.54, 1.807) is 6.92 Å². The minimum absolute atomic E-state index is 0.0641. The molecule has 0 heterocycles. The van der Waals surface area contributed by atoms with Crippen LogP contribution in [0.15, 0.2) is 48.5 Å². The van der Waals surface area contributed by atoms with Crippen LogP contribution in [0.4, 0.5) is 4.79 Å². The number of carbonyl (C=O) groups is 3. The monoisotopic (exact) mass is 468 g/mol. The second kappa shape index (κ2) is 11.2. The number of rotatable bonds is 10. The molecule has 8 heteroatoms. The summed E-state index contributed by atoms with van der Waals surface area (Å²) in [5.41, 5.74) is 4.51. The van der Waals surface area contributed by atoms with Gasteiger partial charge in [0.15, 0.2) is 6.04 Å². The predicted octanol–water partition coefficient (Wildman–Crippen LogP) is 3.54. The first-order valence-electron chi connectivity index (χ1n) is 11.4. The van der Waals surface area contributed by atoms with E-state index >= 15 is 0 Å². The molecule has 0 fully saturated rings. The van der Waals surface area contributed by atoms with Crippen molar-refractivity contribution in [2.45, 2.75) is 51.3 Å². The molecule has 0 bridgehead atoms. The number of hydrogen-bond donors (Lipinski definition) is 3. The summed E-state index contributed by atoms with van der Waals surface area (Å²) in [5, 5.41) is 14.6. The third-order valence-electron chi connectivity index (χ3n) is 6.28. The minimum atomic E-state index is -1.19. The Hall–Kier alpha value is -3.39. The van der Waals surface area contributed by atoms with Gasteiger partial charge in [0.1, 0.15) is 6.61 Å². The molecule has 3 rings (SSSR count). The molecule has 34 heavy (non-hydrogen) atoms. The highest BCUT2D eigenvalue weighted by molar-refractivity contribution is 5.84. The highest BCUT2D eigenvalue weighted by Gasteiger charge is 2.31. The molecule has 0 spiro atoms. The lowest BCUT2D eigenvalue weighted by Gasteiger charge is -2.25. The van der Waals surface area contributed by atoms with Crippen LogP contribution in [0.25, 0.3) is 11.1 Å². The molecule has 0 aromatic heterocycles. The molecular weight excluding hydrogens is 436 g/mol. The van der Waals surface area contributed by atoms with Gasteiger partial charge in [-0.25, -0.2) is 9.59 Å². The molecule has 0 saturated heterocycles. The molecular formula is C26H32N2O6. The van der Waals surface area contributed by atoms with Crippen LogP contribution in [0.3, 0.4) is 0 Å². The zero-order valence-electron chi connectivity index (χ0n) is 19.9. The van der Waals surface area contributed by atoms with E-state index in [9.17, 15) is 19.5 Å². The Morgan fingerprint density at radius 3 is 2.00 bits per heavy atom. The summed E-state index contributed by atoms with van der Waals surface area (Å²) in [6.07, 6.45) is -1.40. The van der Waals surface area contributed by atoms with Crippen molar-refractivity contribution in [2.75, 3.05) is 13.7 Å². The van der Waals surface area contributed by atoms with Crippen LogP contribution in [0, 0.1) is 5.92 Å². The number of alkyl carbamates (subject to hydrolysis) is 1. The van der Waals surface area contributed by atoms with Crippen molar-refractivity contribution in [3.8, 4) is 11.1 Å². The number of amides is 2. The van der Waals surface area contributed by atoms with Crippen molar-refractivity contribution in [3.05, 3.63) is 59.7 Å². The molecule has 2 amide bonds. The molecule has 1 aliphatic rings. The van der Waals surface area contributed by atoms with Gasteiger partial charge in [0.05, 0.1) is 6.10 Å². The number of ether oxygens (including phenoxy) is 2. The van der Waals surface area contributed by atoms with Crippen molar-refractivity contribution < 1.29 is 29.0 Å². The highest BCUT2D eigenvalue weighted by atomic mass is 16.5. The van der Waals surface area contributed by atoms with Gasteiger partial charge in [-0.05, 0) is 35.1 Å². The van der Waals surface area contributed by atoms with Crippen LogP contribution < -0.4 is 10.6 Å². The lowest BCUT2D eigenvalue weighted by molar-refractivity contribution is -0.145. The van der Waals surface area contributed by atoms with Crippen LogP contribution >= 0.6 is 0 Å². The number of carboxylic acids is 1. The summed E-state index contributed by atoms with van der Waals surface area (Å²) >= 11 is 0. The van der Waals surface area contributed by atoms with E-state index in [0.29, 0.717) is 0 Å². The summed E-state index contributed by atoms with van der Waals surface area (Å²) in [6, 6.07) is 14.4. The number of carbonyl (C=O) groups excluding carboxylic acids is 2. The van der Waals surface area contributed by atoms with Gasteiger partial charge in [0.25, 0.3) is 0 Å². The molecule has 3 N–H and O–H groups in total. The number of benzene rings is 2. The molecule has 0 saturated carbocycles. The average molecular weight is 469 g/mol. The van der Waals surface area contributed by atoms with E-state index in [2.05, 4.69) is 22.8 Å². The summed E-state index contributed by atoms with van der Waals surface area (Å²) in [4.78, 5) is 36.6. The molecule has 2 aromatic carbocycles. The van der Waals surface area contributed by atoms with Crippen LogP contribution in [0.1, 0.15) is 44.2 Å². The van der Waals surface area contributed by atoms with Crippen LogP contribution in [-0.2, 0) is 19.1 Å². The van der Waals surface area contributed by atoms with Crippen LogP contribution in [0.5, 0.6) is 0 Å². The highest BCUT2D eigenvalue weighted by Crippen LogP contribution is 2.44. The SMILES string of the molecule is CO[C@H](C)[C@H](NC(=O)CC(NC(=O)OCC1c2ccccc2-c2ccccc21)C(C)C)C(=O)O. The standard InChI is InChI=1S/C26H32N2O6/c1-15(2)22(13-23(29)28-24(25(30)31)16(3)33-4)27-26(32)34-14-21-19-11-7-5-9-17(19)18-10-6-8-12-20(18)21/h5-12,15-16,21-22,24H,13-14H2,1-4H3,(H,27,32)(H,28,29)(H,30,31)/t16-,22?,24+/m1/s1. The third kappa shape index (κ3) is 5.75. The average Bonchev–Trinajstić information content (AvgIpc) is 3.13. The van der Waals surface area contributed by atoms with Gasteiger partial charge in [0.2, 0.25) is 5.91 Å². The Bertz CT molecular complexity index is 992. The number of fused-ring (bicyclic) bond motifs is 3. The summed E-state index contributed by atoms with van der Waals surface area (Å²) in [7, 11) is 1.38. The Kier molecular flexibility index (Phi) is 8.28. The number of hydrogen-bond acceptors (Lipinski definition) is 5. The van der Waals surface area contributed by atoms with Gasteiger partial charge in [-0.3, -0.25) is 4.79 Å². The largest absolute Gasteiger partial charge is 0.480 e. The first-order chi connectivity index (χ1) is 16.2. The number of aliphatic carboxylic acids is 1. The van der Waals surface area contributed by atoms with E-state index in [1.165, 1.54) is 7.11 Å². The van der Waals surface area contributed by atoms with E-state index < -0.39 is 36.2 Å². The Morgan fingerprint density at radius 2 is 1.50 bits per heavy atom. The molecule has 182 valence electrons. The normalized spacial score (nSPS) is 15.1. The molecule has 3 atom stereocenters. The summed E-state index contributed by atoms with van der Waals surface area (Å²) in [6.45, 7) is 5.47. The third-order valence-corrected chi connectivity index (χ3v) is 6.28. The topological polar surface area (TPSA) is 114 Å². The predicted molar refractivity (Wildman–Crippen MR) is 127 cm³/mol.